The Morgan fingerprint density at radius 3 is 2.38 bits per heavy atom. The van der Waals surface area contributed by atoms with Crippen LogP contribution in [-0.4, -0.2) is 0 Å². The molecule has 0 saturated heterocycles. The van der Waals surface area contributed by atoms with Gasteiger partial charge in [0.05, 0.1) is 11.3 Å². The molecule has 2 aromatic carbocycles. The molecular weight excluding hydrogens is 260 g/mol. The molecule has 0 aliphatic carbocycles. The highest BCUT2D eigenvalue weighted by Crippen LogP contribution is 2.32. The van der Waals surface area contributed by atoms with Crippen LogP contribution in [0.15, 0.2) is 42.5 Å². The molecule has 0 saturated carbocycles. The minimum Gasteiger partial charge on any atom is -0.455 e. The molecule has 0 aliphatic rings. The van der Waals surface area contributed by atoms with Crippen molar-refractivity contribution in [3.63, 3.8) is 0 Å². The van der Waals surface area contributed by atoms with Crippen LogP contribution in [0.1, 0.15) is 38.3 Å². The van der Waals surface area contributed by atoms with Crippen LogP contribution in [0.4, 0.5) is 5.69 Å². The first kappa shape index (κ1) is 14.9. The fourth-order valence-corrected chi connectivity index (χ4v) is 2.04. The third-order valence-corrected chi connectivity index (χ3v) is 3.93. The molecule has 21 heavy (non-hydrogen) atoms. The molecule has 2 rings (SSSR count). The molecule has 3 heteroatoms. The van der Waals surface area contributed by atoms with E-state index in [1.54, 1.807) is 18.2 Å². The first-order valence-electron chi connectivity index (χ1n) is 7.05. The Morgan fingerprint density at radius 1 is 1.14 bits per heavy atom. The summed E-state index contributed by atoms with van der Waals surface area (Å²) in [6, 6.07) is 15.3. The Morgan fingerprint density at radius 2 is 1.81 bits per heavy atom. The number of anilines is 1. The molecule has 0 atom stereocenters. The average molecular weight is 280 g/mol. The number of para-hydroxylation sites is 1. The molecule has 0 heterocycles. The quantitative estimate of drug-likeness (QED) is 0.831. The van der Waals surface area contributed by atoms with Crippen LogP contribution in [0, 0.1) is 11.3 Å². The lowest BCUT2D eigenvalue weighted by Crippen LogP contribution is -2.14. The van der Waals surface area contributed by atoms with Gasteiger partial charge < -0.3 is 10.5 Å². The van der Waals surface area contributed by atoms with Gasteiger partial charge in [-0.3, -0.25) is 0 Å². The van der Waals surface area contributed by atoms with Crippen LogP contribution in [0.5, 0.6) is 11.5 Å². The number of hydrogen-bond donors (Lipinski definition) is 1. The smallest absolute Gasteiger partial charge is 0.151 e. The van der Waals surface area contributed by atoms with Gasteiger partial charge in [-0.15, -0.1) is 0 Å². The fraction of sp³-hybridized carbons (Fsp3) is 0.278. The third-order valence-electron chi connectivity index (χ3n) is 3.93. The number of nitrogens with two attached hydrogens (primary N) is 1. The summed E-state index contributed by atoms with van der Waals surface area (Å²) in [6.45, 7) is 6.62. The molecular formula is C18H20N2O. The Labute approximate surface area is 126 Å². The second-order valence-corrected chi connectivity index (χ2v) is 5.69. The predicted molar refractivity (Wildman–Crippen MR) is 85.4 cm³/mol. The van der Waals surface area contributed by atoms with Gasteiger partial charge in [-0.25, -0.2) is 0 Å². The summed E-state index contributed by atoms with van der Waals surface area (Å²) in [5.74, 6) is 1.23. The normalized spacial score (nSPS) is 11.0. The van der Waals surface area contributed by atoms with Crippen molar-refractivity contribution in [2.24, 2.45) is 0 Å². The molecule has 0 aliphatic heterocycles. The Bertz CT molecular complexity index is 667. The maximum Gasteiger partial charge on any atom is 0.151 e. The van der Waals surface area contributed by atoms with Crippen molar-refractivity contribution < 1.29 is 4.74 Å². The molecule has 0 bridgehead atoms. The highest BCUT2D eigenvalue weighted by molar-refractivity contribution is 5.63. The Kier molecular flexibility index (Phi) is 4.18. The average Bonchev–Trinajstić information content (AvgIpc) is 2.50. The molecule has 0 amide bonds. The minimum absolute atomic E-state index is 0.151. The van der Waals surface area contributed by atoms with Gasteiger partial charge in [-0.2, -0.15) is 5.26 Å². The second kappa shape index (κ2) is 5.88. The van der Waals surface area contributed by atoms with E-state index in [0.717, 1.165) is 6.42 Å². The number of rotatable bonds is 4. The maximum absolute atomic E-state index is 8.98. The van der Waals surface area contributed by atoms with Gasteiger partial charge in [-0.05, 0) is 41.7 Å². The summed E-state index contributed by atoms with van der Waals surface area (Å²) in [5.41, 5.74) is 8.14. The Balaban J connectivity index is 2.24. The van der Waals surface area contributed by atoms with Crippen molar-refractivity contribution >= 4 is 5.69 Å². The van der Waals surface area contributed by atoms with Gasteiger partial charge in [0.1, 0.15) is 11.8 Å². The number of hydrogen-bond acceptors (Lipinski definition) is 3. The number of nitrogen functional groups attached to an aromatic ring is 1. The zero-order chi connectivity index (χ0) is 15.5. The molecule has 0 spiro atoms. The summed E-state index contributed by atoms with van der Waals surface area (Å²) in [7, 11) is 0. The van der Waals surface area contributed by atoms with Gasteiger partial charge in [0.25, 0.3) is 0 Å². The van der Waals surface area contributed by atoms with E-state index in [-0.39, 0.29) is 5.41 Å². The van der Waals surface area contributed by atoms with Gasteiger partial charge in [0, 0.05) is 0 Å². The third kappa shape index (κ3) is 3.17. The van der Waals surface area contributed by atoms with E-state index in [1.165, 1.54) is 5.56 Å². The van der Waals surface area contributed by atoms with Crippen molar-refractivity contribution in [1.82, 2.24) is 0 Å². The van der Waals surface area contributed by atoms with E-state index in [9.17, 15) is 0 Å². The zero-order valence-corrected chi connectivity index (χ0v) is 12.7. The fourth-order valence-electron chi connectivity index (χ4n) is 2.04. The number of benzene rings is 2. The highest BCUT2D eigenvalue weighted by atomic mass is 16.5. The maximum atomic E-state index is 8.98. The van der Waals surface area contributed by atoms with Crippen LogP contribution in [0.25, 0.3) is 0 Å². The standard InChI is InChI=1S/C18H20N2O/c1-4-18(2,3)14-8-10-15(11-9-14)21-16-7-5-6-13(12-19)17(16)20/h5-11H,4,20H2,1-3H3. The summed E-state index contributed by atoms with van der Waals surface area (Å²) in [4.78, 5) is 0. The van der Waals surface area contributed by atoms with Gasteiger partial charge in [0.15, 0.2) is 5.75 Å². The topological polar surface area (TPSA) is 59.0 Å². The molecule has 108 valence electrons. The first-order chi connectivity index (χ1) is 9.97. The van der Waals surface area contributed by atoms with Crippen molar-refractivity contribution in [3.8, 4) is 17.6 Å². The van der Waals surface area contributed by atoms with Crippen LogP contribution in [-0.2, 0) is 5.41 Å². The highest BCUT2D eigenvalue weighted by Gasteiger charge is 2.17. The van der Waals surface area contributed by atoms with Crippen LogP contribution < -0.4 is 10.5 Å². The van der Waals surface area contributed by atoms with Crippen molar-refractivity contribution in [3.05, 3.63) is 53.6 Å². The minimum atomic E-state index is 0.151. The summed E-state index contributed by atoms with van der Waals surface area (Å²) >= 11 is 0. The van der Waals surface area contributed by atoms with E-state index in [1.807, 2.05) is 12.1 Å². The van der Waals surface area contributed by atoms with Crippen LogP contribution in [0.2, 0.25) is 0 Å². The Hall–Kier alpha value is -2.47. The largest absolute Gasteiger partial charge is 0.455 e. The SMILES string of the molecule is CCC(C)(C)c1ccc(Oc2cccc(C#N)c2N)cc1. The monoisotopic (exact) mass is 280 g/mol. The number of ether oxygens (including phenoxy) is 1. The number of nitriles is 1. The van der Waals surface area contributed by atoms with Crippen molar-refractivity contribution in [2.75, 3.05) is 5.73 Å². The van der Waals surface area contributed by atoms with Crippen LogP contribution in [0.3, 0.4) is 0 Å². The number of nitrogens with zero attached hydrogens (tertiary/aromatic N) is 1. The van der Waals surface area contributed by atoms with Gasteiger partial charge in [-0.1, -0.05) is 39.0 Å². The van der Waals surface area contributed by atoms with E-state index in [4.69, 9.17) is 15.7 Å². The van der Waals surface area contributed by atoms with Crippen molar-refractivity contribution in [2.45, 2.75) is 32.6 Å². The lowest BCUT2D eigenvalue weighted by Gasteiger charge is -2.23. The van der Waals surface area contributed by atoms with E-state index >= 15 is 0 Å². The molecule has 0 fully saturated rings. The molecule has 0 unspecified atom stereocenters. The summed E-state index contributed by atoms with van der Waals surface area (Å²) in [6.07, 6.45) is 1.07. The molecule has 0 aromatic heterocycles. The van der Waals surface area contributed by atoms with Crippen molar-refractivity contribution in [1.29, 1.82) is 5.26 Å². The second-order valence-electron chi connectivity index (χ2n) is 5.69. The predicted octanol–water partition coefficient (Wildman–Crippen LogP) is 4.62. The van der Waals surface area contributed by atoms with E-state index in [2.05, 4.69) is 39.0 Å². The summed E-state index contributed by atoms with van der Waals surface area (Å²) < 4.78 is 5.78. The molecule has 2 aromatic rings. The molecule has 3 nitrogen and oxygen atoms in total. The van der Waals surface area contributed by atoms with Crippen LogP contribution >= 0.6 is 0 Å². The molecule has 2 N–H and O–H groups in total. The van der Waals surface area contributed by atoms with E-state index < -0.39 is 0 Å². The lowest BCUT2D eigenvalue weighted by atomic mass is 9.82. The molecule has 0 radical (unpaired) electrons. The van der Waals surface area contributed by atoms with Gasteiger partial charge >= 0.3 is 0 Å². The van der Waals surface area contributed by atoms with Gasteiger partial charge in [0.2, 0.25) is 0 Å². The zero-order valence-electron chi connectivity index (χ0n) is 12.7. The lowest BCUT2D eigenvalue weighted by molar-refractivity contribution is 0.480. The van der Waals surface area contributed by atoms with E-state index in [0.29, 0.717) is 22.7 Å². The first-order valence-corrected chi connectivity index (χ1v) is 7.05. The summed E-state index contributed by atoms with van der Waals surface area (Å²) in [5, 5.41) is 8.98.